The summed E-state index contributed by atoms with van der Waals surface area (Å²) >= 11 is 0. The van der Waals surface area contributed by atoms with Gasteiger partial charge in [-0.05, 0) is 25.7 Å². The molecule has 17 heavy (non-hydrogen) atoms. The molecule has 1 saturated carbocycles. The molecule has 2 N–H and O–H groups in total. The van der Waals surface area contributed by atoms with Crippen LogP contribution in [0.15, 0.2) is 0 Å². The quantitative estimate of drug-likeness (QED) is 0.494. The molecule has 0 atom stereocenters. The molecule has 1 aliphatic rings. The number of rotatable bonds is 11. The first-order valence-electron chi connectivity index (χ1n) is 8.06. The molecule has 1 heteroatoms. The first-order valence-corrected chi connectivity index (χ1v) is 8.06. The Bertz CT molecular complexity index is 172. The molecule has 1 aliphatic carbocycles. The SMILES string of the molecule is CCCCCCCCCCCCC1(N)CCC1. The van der Waals surface area contributed by atoms with E-state index in [2.05, 4.69) is 6.92 Å². The topological polar surface area (TPSA) is 26.0 Å². The lowest BCUT2D eigenvalue weighted by atomic mass is 9.74. The second-order valence-corrected chi connectivity index (χ2v) is 6.15. The average molecular weight is 239 g/mol. The maximum Gasteiger partial charge on any atom is 0.0154 e. The third-order valence-corrected chi connectivity index (χ3v) is 4.38. The highest BCUT2D eigenvalue weighted by Gasteiger charge is 2.31. The van der Waals surface area contributed by atoms with Gasteiger partial charge in [0.2, 0.25) is 0 Å². The molecule has 0 radical (unpaired) electrons. The van der Waals surface area contributed by atoms with Crippen LogP contribution in [0.5, 0.6) is 0 Å². The Kier molecular flexibility index (Phi) is 7.92. The summed E-state index contributed by atoms with van der Waals surface area (Å²) in [6, 6.07) is 0. The molecular formula is C16H33N. The van der Waals surface area contributed by atoms with Crippen molar-refractivity contribution in [1.29, 1.82) is 0 Å². The molecule has 0 bridgehead atoms. The van der Waals surface area contributed by atoms with E-state index in [4.69, 9.17) is 5.73 Å². The van der Waals surface area contributed by atoms with Crippen LogP contribution in [-0.2, 0) is 0 Å². The van der Waals surface area contributed by atoms with E-state index in [0.29, 0.717) is 0 Å². The van der Waals surface area contributed by atoms with E-state index in [1.165, 1.54) is 89.9 Å². The monoisotopic (exact) mass is 239 g/mol. The van der Waals surface area contributed by atoms with Gasteiger partial charge < -0.3 is 5.73 Å². The molecule has 0 aromatic heterocycles. The largest absolute Gasteiger partial charge is 0.325 e. The second-order valence-electron chi connectivity index (χ2n) is 6.15. The van der Waals surface area contributed by atoms with Crippen LogP contribution in [0.3, 0.4) is 0 Å². The average Bonchev–Trinajstić information content (AvgIpc) is 2.29. The minimum Gasteiger partial charge on any atom is -0.325 e. The fraction of sp³-hybridized carbons (Fsp3) is 1.00. The predicted molar refractivity (Wildman–Crippen MR) is 77.2 cm³/mol. The van der Waals surface area contributed by atoms with Gasteiger partial charge in [0.25, 0.3) is 0 Å². The van der Waals surface area contributed by atoms with Crippen molar-refractivity contribution in [2.45, 2.75) is 102 Å². The van der Waals surface area contributed by atoms with Crippen LogP contribution >= 0.6 is 0 Å². The second kappa shape index (κ2) is 8.97. The van der Waals surface area contributed by atoms with Crippen LogP contribution in [0.2, 0.25) is 0 Å². The zero-order chi connectivity index (χ0) is 12.4. The molecule has 0 spiro atoms. The van der Waals surface area contributed by atoms with E-state index in [0.717, 1.165) is 0 Å². The molecule has 0 unspecified atom stereocenters. The van der Waals surface area contributed by atoms with E-state index in [1.54, 1.807) is 0 Å². The van der Waals surface area contributed by atoms with Gasteiger partial charge in [0.15, 0.2) is 0 Å². The van der Waals surface area contributed by atoms with Crippen LogP contribution in [0.25, 0.3) is 0 Å². The summed E-state index contributed by atoms with van der Waals surface area (Å²) in [4.78, 5) is 0. The van der Waals surface area contributed by atoms with Crippen LogP contribution in [0.1, 0.15) is 96.8 Å². The molecule has 1 rings (SSSR count). The number of nitrogens with two attached hydrogens (primary N) is 1. The molecule has 0 aromatic carbocycles. The van der Waals surface area contributed by atoms with Crippen molar-refractivity contribution in [3.8, 4) is 0 Å². The Hall–Kier alpha value is -0.0400. The summed E-state index contributed by atoms with van der Waals surface area (Å²) in [5, 5.41) is 0. The number of hydrogen-bond acceptors (Lipinski definition) is 1. The lowest BCUT2D eigenvalue weighted by Gasteiger charge is -2.38. The van der Waals surface area contributed by atoms with E-state index in [-0.39, 0.29) is 5.54 Å². The predicted octanol–water partition coefficient (Wildman–Crippen LogP) is 5.18. The third-order valence-electron chi connectivity index (χ3n) is 4.38. The van der Waals surface area contributed by atoms with E-state index < -0.39 is 0 Å². The Balaban J connectivity index is 1.72. The summed E-state index contributed by atoms with van der Waals surface area (Å²) in [7, 11) is 0. The maximum atomic E-state index is 6.21. The molecule has 0 amide bonds. The standard InChI is InChI=1S/C16H33N/c1-2-3-4-5-6-7-8-9-10-11-13-16(17)14-12-15-16/h2-15,17H2,1H3. The zero-order valence-electron chi connectivity index (χ0n) is 12.0. The van der Waals surface area contributed by atoms with Crippen LogP contribution in [0.4, 0.5) is 0 Å². The Morgan fingerprint density at radius 3 is 1.65 bits per heavy atom. The van der Waals surface area contributed by atoms with Gasteiger partial charge in [-0.25, -0.2) is 0 Å². The van der Waals surface area contributed by atoms with Crippen molar-refractivity contribution < 1.29 is 0 Å². The van der Waals surface area contributed by atoms with E-state index in [1.807, 2.05) is 0 Å². The lowest BCUT2D eigenvalue weighted by molar-refractivity contribution is 0.224. The van der Waals surface area contributed by atoms with Crippen molar-refractivity contribution >= 4 is 0 Å². The number of hydrogen-bond donors (Lipinski definition) is 1. The molecule has 1 fully saturated rings. The van der Waals surface area contributed by atoms with Gasteiger partial charge in [0.05, 0.1) is 0 Å². The molecule has 1 nitrogen and oxygen atoms in total. The van der Waals surface area contributed by atoms with E-state index >= 15 is 0 Å². The molecular weight excluding hydrogens is 206 g/mol. The molecule has 0 heterocycles. The minimum absolute atomic E-state index is 0.264. The summed E-state index contributed by atoms with van der Waals surface area (Å²) in [5.74, 6) is 0. The summed E-state index contributed by atoms with van der Waals surface area (Å²) in [5.41, 5.74) is 6.48. The molecule has 0 aliphatic heterocycles. The first kappa shape index (κ1) is 15.0. The third kappa shape index (κ3) is 7.08. The van der Waals surface area contributed by atoms with Crippen LogP contribution in [-0.4, -0.2) is 5.54 Å². The fourth-order valence-corrected chi connectivity index (χ4v) is 2.85. The molecule has 0 saturated heterocycles. The van der Waals surface area contributed by atoms with Crippen LogP contribution < -0.4 is 5.73 Å². The van der Waals surface area contributed by atoms with E-state index in [9.17, 15) is 0 Å². The van der Waals surface area contributed by atoms with Crippen molar-refractivity contribution in [2.24, 2.45) is 5.73 Å². The van der Waals surface area contributed by atoms with Crippen LogP contribution in [0, 0.1) is 0 Å². The van der Waals surface area contributed by atoms with Gasteiger partial charge in [-0.1, -0.05) is 71.1 Å². The van der Waals surface area contributed by atoms with Crippen molar-refractivity contribution in [1.82, 2.24) is 0 Å². The van der Waals surface area contributed by atoms with Gasteiger partial charge in [0.1, 0.15) is 0 Å². The molecule has 0 aromatic rings. The Morgan fingerprint density at radius 2 is 1.24 bits per heavy atom. The fourth-order valence-electron chi connectivity index (χ4n) is 2.85. The highest BCUT2D eigenvalue weighted by atomic mass is 14.8. The smallest absolute Gasteiger partial charge is 0.0154 e. The Morgan fingerprint density at radius 1 is 0.765 bits per heavy atom. The van der Waals surface area contributed by atoms with Gasteiger partial charge in [0, 0.05) is 5.54 Å². The van der Waals surface area contributed by atoms with Gasteiger partial charge >= 0.3 is 0 Å². The van der Waals surface area contributed by atoms with Crippen molar-refractivity contribution in [3.05, 3.63) is 0 Å². The normalized spacial score (nSPS) is 18.0. The highest BCUT2D eigenvalue weighted by Crippen LogP contribution is 2.33. The van der Waals surface area contributed by atoms with Crippen molar-refractivity contribution in [3.63, 3.8) is 0 Å². The number of unbranched alkanes of at least 4 members (excludes halogenated alkanes) is 9. The molecule has 102 valence electrons. The van der Waals surface area contributed by atoms with Gasteiger partial charge in [-0.15, -0.1) is 0 Å². The lowest BCUT2D eigenvalue weighted by Crippen LogP contribution is -2.46. The summed E-state index contributed by atoms with van der Waals surface area (Å²) in [6.07, 6.45) is 19.5. The Labute approximate surface area is 109 Å². The highest BCUT2D eigenvalue weighted by molar-refractivity contribution is 4.91. The first-order chi connectivity index (χ1) is 8.27. The van der Waals surface area contributed by atoms with Gasteiger partial charge in [-0.2, -0.15) is 0 Å². The minimum atomic E-state index is 0.264. The zero-order valence-corrected chi connectivity index (χ0v) is 12.0. The maximum absolute atomic E-state index is 6.21. The van der Waals surface area contributed by atoms with Gasteiger partial charge in [-0.3, -0.25) is 0 Å². The summed E-state index contributed by atoms with van der Waals surface area (Å²) < 4.78 is 0. The van der Waals surface area contributed by atoms with Crippen molar-refractivity contribution in [2.75, 3.05) is 0 Å². The summed E-state index contributed by atoms with van der Waals surface area (Å²) in [6.45, 7) is 2.28.